The number of nitrogens with zero attached hydrogens (tertiary/aromatic N) is 3. The van der Waals surface area contributed by atoms with Gasteiger partial charge in [-0.1, -0.05) is 24.3 Å². The molecule has 0 spiro atoms. The minimum atomic E-state index is -0.127. The fourth-order valence-electron chi connectivity index (χ4n) is 2.31. The average molecular weight is 322 g/mol. The number of aromatic nitrogens is 3. The number of ether oxygens (including phenoxy) is 1. The molecule has 3 aromatic rings. The van der Waals surface area contributed by atoms with E-state index in [2.05, 4.69) is 15.4 Å². The van der Waals surface area contributed by atoms with Crippen molar-refractivity contribution in [2.45, 2.75) is 6.54 Å². The maximum absolute atomic E-state index is 12.2. The lowest BCUT2D eigenvalue weighted by Gasteiger charge is -2.07. The second-order valence-electron chi connectivity index (χ2n) is 5.35. The van der Waals surface area contributed by atoms with E-state index in [1.165, 1.54) is 0 Å². The van der Waals surface area contributed by atoms with Crippen LogP contribution in [0.25, 0.3) is 11.4 Å². The molecular formula is C18H18N4O2. The van der Waals surface area contributed by atoms with Crippen molar-refractivity contribution in [3.8, 4) is 17.1 Å². The van der Waals surface area contributed by atoms with Gasteiger partial charge in [0.15, 0.2) is 5.82 Å². The SMILES string of the molecule is COc1cccc(CNC(=O)c2ccc(-c3ncn(C)n3)cc2)c1. The van der Waals surface area contributed by atoms with E-state index < -0.39 is 0 Å². The summed E-state index contributed by atoms with van der Waals surface area (Å²) in [6, 6.07) is 14.8. The Morgan fingerprint density at radius 3 is 2.67 bits per heavy atom. The minimum Gasteiger partial charge on any atom is -0.497 e. The number of benzene rings is 2. The van der Waals surface area contributed by atoms with Crippen molar-refractivity contribution in [3.63, 3.8) is 0 Å². The zero-order chi connectivity index (χ0) is 16.9. The topological polar surface area (TPSA) is 69.0 Å². The third-order valence-electron chi connectivity index (χ3n) is 3.59. The number of rotatable bonds is 5. The molecule has 0 radical (unpaired) electrons. The number of carbonyl (C=O) groups is 1. The van der Waals surface area contributed by atoms with E-state index in [4.69, 9.17) is 4.74 Å². The van der Waals surface area contributed by atoms with Crippen molar-refractivity contribution < 1.29 is 9.53 Å². The number of amides is 1. The van der Waals surface area contributed by atoms with E-state index in [0.717, 1.165) is 16.9 Å². The van der Waals surface area contributed by atoms with Crippen molar-refractivity contribution in [2.24, 2.45) is 7.05 Å². The molecule has 1 aromatic heterocycles. The van der Waals surface area contributed by atoms with Gasteiger partial charge in [-0.25, -0.2) is 4.98 Å². The zero-order valence-electron chi connectivity index (χ0n) is 13.6. The van der Waals surface area contributed by atoms with Crippen LogP contribution in [0.15, 0.2) is 54.9 Å². The van der Waals surface area contributed by atoms with Gasteiger partial charge in [0.2, 0.25) is 0 Å². The summed E-state index contributed by atoms with van der Waals surface area (Å²) in [5.41, 5.74) is 2.45. The fourth-order valence-corrected chi connectivity index (χ4v) is 2.31. The third-order valence-corrected chi connectivity index (χ3v) is 3.59. The average Bonchev–Trinajstić information content (AvgIpc) is 3.06. The van der Waals surface area contributed by atoms with E-state index in [9.17, 15) is 4.79 Å². The first-order valence-electron chi connectivity index (χ1n) is 7.53. The highest BCUT2D eigenvalue weighted by Crippen LogP contribution is 2.15. The van der Waals surface area contributed by atoms with Crippen LogP contribution in [0.4, 0.5) is 0 Å². The first-order chi connectivity index (χ1) is 11.7. The maximum Gasteiger partial charge on any atom is 0.251 e. The summed E-state index contributed by atoms with van der Waals surface area (Å²) in [5.74, 6) is 1.29. The van der Waals surface area contributed by atoms with Crippen LogP contribution in [0.1, 0.15) is 15.9 Å². The van der Waals surface area contributed by atoms with Gasteiger partial charge < -0.3 is 10.1 Å². The minimum absolute atomic E-state index is 0.127. The summed E-state index contributed by atoms with van der Waals surface area (Å²) in [4.78, 5) is 16.4. The molecule has 0 saturated heterocycles. The van der Waals surface area contributed by atoms with Crippen LogP contribution < -0.4 is 10.1 Å². The van der Waals surface area contributed by atoms with Gasteiger partial charge in [0.05, 0.1) is 7.11 Å². The van der Waals surface area contributed by atoms with Crippen LogP contribution in [-0.4, -0.2) is 27.8 Å². The Hall–Kier alpha value is -3.15. The number of aryl methyl sites for hydroxylation is 1. The van der Waals surface area contributed by atoms with E-state index in [1.54, 1.807) is 30.3 Å². The molecule has 0 saturated carbocycles. The summed E-state index contributed by atoms with van der Waals surface area (Å²) in [6.45, 7) is 0.444. The maximum atomic E-state index is 12.2. The van der Waals surface area contributed by atoms with Gasteiger partial charge in [-0.2, -0.15) is 5.10 Å². The van der Waals surface area contributed by atoms with Gasteiger partial charge in [-0.05, 0) is 29.8 Å². The first-order valence-corrected chi connectivity index (χ1v) is 7.53. The van der Waals surface area contributed by atoms with Gasteiger partial charge in [-0.15, -0.1) is 0 Å². The zero-order valence-corrected chi connectivity index (χ0v) is 13.6. The van der Waals surface area contributed by atoms with Crippen molar-refractivity contribution in [1.29, 1.82) is 0 Å². The Bertz CT molecular complexity index is 840. The van der Waals surface area contributed by atoms with Gasteiger partial charge >= 0.3 is 0 Å². The predicted molar refractivity (Wildman–Crippen MR) is 90.6 cm³/mol. The number of carbonyl (C=O) groups excluding carboxylic acids is 1. The van der Waals surface area contributed by atoms with Gasteiger partial charge in [0.25, 0.3) is 5.91 Å². The van der Waals surface area contributed by atoms with Crippen LogP contribution in [0.5, 0.6) is 5.75 Å². The van der Waals surface area contributed by atoms with E-state index in [-0.39, 0.29) is 5.91 Å². The Morgan fingerprint density at radius 2 is 2.00 bits per heavy atom. The molecule has 1 amide bonds. The van der Waals surface area contributed by atoms with E-state index >= 15 is 0 Å². The molecule has 0 aliphatic carbocycles. The van der Waals surface area contributed by atoms with Crippen LogP contribution in [0.3, 0.4) is 0 Å². The van der Waals surface area contributed by atoms with Crippen molar-refractivity contribution >= 4 is 5.91 Å². The largest absolute Gasteiger partial charge is 0.497 e. The number of hydrogen-bond donors (Lipinski definition) is 1. The Morgan fingerprint density at radius 1 is 1.21 bits per heavy atom. The molecule has 0 bridgehead atoms. The van der Waals surface area contributed by atoms with Gasteiger partial charge in [-0.3, -0.25) is 9.48 Å². The van der Waals surface area contributed by atoms with E-state index in [0.29, 0.717) is 17.9 Å². The van der Waals surface area contributed by atoms with E-state index in [1.807, 2.05) is 43.4 Å². The second-order valence-corrected chi connectivity index (χ2v) is 5.35. The normalized spacial score (nSPS) is 10.4. The third kappa shape index (κ3) is 3.60. The number of methoxy groups -OCH3 is 1. The Balaban J connectivity index is 1.64. The molecule has 0 aliphatic heterocycles. The highest BCUT2D eigenvalue weighted by atomic mass is 16.5. The van der Waals surface area contributed by atoms with Crippen LogP contribution in [0, 0.1) is 0 Å². The molecule has 2 aromatic carbocycles. The summed E-state index contributed by atoms with van der Waals surface area (Å²) >= 11 is 0. The Labute approximate surface area is 140 Å². The van der Waals surface area contributed by atoms with Crippen LogP contribution >= 0.6 is 0 Å². The second kappa shape index (κ2) is 6.95. The van der Waals surface area contributed by atoms with Crippen LogP contribution in [-0.2, 0) is 13.6 Å². The smallest absolute Gasteiger partial charge is 0.251 e. The highest BCUT2D eigenvalue weighted by Gasteiger charge is 2.08. The lowest BCUT2D eigenvalue weighted by Crippen LogP contribution is -2.22. The van der Waals surface area contributed by atoms with Crippen molar-refractivity contribution in [1.82, 2.24) is 20.1 Å². The molecule has 0 aliphatic rings. The highest BCUT2D eigenvalue weighted by molar-refractivity contribution is 5.94. The monoisotopic (exact) mass is 322 g/mol. The number of hydrogen-bond acceptors (Lipinski definition) is 4. The Kier molecular flexibility index (Phi) is 4.56. The molecule has 1 N–H and O–H groups in total. The summed E-state index contributed by atoms with van der Waals surface area (Å²) in [5, 5.41) is 7.14. The summed E-state index contributed by atoms with van der Waals surface area (Å²) < 4.78 is 6.82. The lowest BCUT2D eigenvalue weighted by atomic mass is 10.1. The molecule has 0 unspecified atom stereocenters. The molecule has 6 heteroatoms. The predicted octanol–water partition coefficient (Wildman–Crippen LogP) is 2.42. The summed E-state index contributed by atoms with van der Waals surface area (Å²) in [6.07, 6.45) is 1.64. The van der Waals surface area contributed by atoms with Crippen molar-refractivity contribution in [3.05, 3.63) is 66.0 Å². The standard InChI is InChI=1S/C18H18N4O2/c1-22-12-20-17(21-22)14-6-8-15(9-7-14)18(23)19-11-13-4-3-5-16(10-13)24-2/h3-10,12H,11H2,1-2H3,(H,19,23). The summed E-state index contributed by atoms with van der Waals surface area (Å²) in [7, 11) is 3.44. The molecule has 0 atom stereocenters. The molecule has 6 nitrogen and oxygen atoms in total. The fraction of sp³-hybridized carbons (Fsp3) is 0.167. The van der Waals surface area contributed by atoms with Crippen LogP contribution in [0.2, 0.25) is 0 Å². The first kappa shape index (κ1) is 15.7. The molecule has 3 rings (SSSR count). The molecule has 24 heavy (non-hydrogen) atoms. The molecule has 122 valence electrons. The van der Waals surface area contributed by atoms with Gasteiger partial charge in [0.1, 0.15) is 12.1 Å². The molecule has 0 fully saturated rings. The lowest BCUT2D eigenvalue weighted by molar-refractivity contribution is 0.0951. The molecule has 1 heterocycles. The molecular weight excluding hydrogens is 304 g/mol. The number of nitrogens with one attached hydrogen (secondary N) is 1. The van der Waals surface area contributed by atoms with Gasteiger partial charge in [0, 0.05) is 24.7 Å². The quantitative estimate of drug-likeness (QED) is 0.783. The van der Waals surface area contributed by atoms with Crippen molar-refractivity contribution in [2.75, 3.05) is 7.11 Å².